The van der Waals surface area contributed by atoms with E-state index < -0.39 is 0 Å². The van der Waals surface area contributed by atoms with Crippen LogP contribution in [0.15, 0.2) is 36.7 Å². The van der Waals surface area contributed by atoms with Gasteiger partial charge in [-0.05, 0) is 31.5 Å². The zero-order valence-corrected chi connectivity index (χ0v) is 14.1. The number of nitrogens with one attached hydrogen (secondary N) is 2. The number of benzene rings is 1. The molecule has 6 heteroatoms. The lowest BCUT2D eigenvalue weighted by Crippen LogP contribution is -2.38. The van der Waals surface area contributed by atoms with Gasteiger partial charge in [-0.15, -0.1) is 6.42 Å². The third-order valence-electron chi connectivity index (χ3n) is 3.60. The Bertz CT molecular complexity index is 733. The van der Waals surface area contributed by atoms with Crippen molar-refractivity contribution in [3.05, 3.63) is 47.8 Å². The van der Waals surface area contributed by atoms with Crippen LogP contribution in [0.4, 0.5) is 4.79 Å². The molecule has 0 bridgehead atoms. The van der Waals surface area contributed by atoms with Crippen LogP contribution >= 0.6 is 0 Å². The van der Waals surface area contributed by atoms with Crippen molar-refractivity contribution in [2.24, 2.45) is 7.05 Å². The first-order valence-electron chi connectivity index (χ1n) is 7.71. The molecule has 2 aromatic rings. The average Bonchev–Trinajstić information content (AvgIpc) is 2.99. The van der Waals surface area contributed by atoms with Crippen molar-refractivity contribution in [3.8, 4) is 18.1 Å². The van der Waals surface area contributed by atoms with Crippen LogP contribution in [0.3, 0.4) is 0 Å². The summed E-state index contributed by atoms with van der Waals surface area (Å²) in [6, 6.07) is 6.96. The molecule has 0 aliphatic carbocycles. The molecule has 0 aliphatic heterocycles. The molecule has 0 spiro atoms. The molecule has 126 valence electrons. The van der Waals surface area contributed by atoms with Gasteiger partial charge in [0.2, 0.25) is 0 Å². The molecule has 2 N–H and O–H groups in total. The van der Waals surface area contributed by atoms with Crippen molar-refractivity contribution in [2.45, 2.75) is 25.9 Å². The highest BCUT2D eigenvalue weighted by molar-refractivity contribution is 5.74. The van der Waals surface area contributed by atoms with Gasteiger partial charge in [-0.25, -0.2) is 4.79 Å². The number of aryl methyl sites for hydroxylation is 1. The zero-order valence-electron chi connectivity index (χ0n) is 14.1. The summed E-state index contributed by atoms with van der Waals surface area (Å²) in [5, 5.41) is 9.92. The number of rotatable bonds is 6. The van der Waals surface area contributed by atoms with Crippen LogP contribution in [0, 0.1) is 12.3 Å². The molecule has 1 heterocycles. The number of carbonyl (C=O) groups excluding carboxylic acids is 1. The molecule has 1 aromatic carbocycles. The molecule has 2 unspecified atom stereocenters. The third-order valence-corrected chi connectivity index (χ3v) is 3.60. The molecular formula is C18H22N4O2. The summed E-state index contributed by atoms with van der Waals surface area (Å²) in [4.78, 5) is 12.2. The van der Waals surface area contributed by atoms with E-state index in [4.69, 9.17) is 11.2 Å². The van der Waals surface area contributed by atoms with Crippen molar-refractivity contribution < 1.29 is 9.53 Å². The normalized spacial score (nSPS) is 12.8. The molecule has 0 aliphatic rings. The second-order valence-electron chi connectivity index (χ2n) is 5.57. The highest BCUT2D eigenvalue weighted by Gasteiger charge is 2.14. The summed E-state index contributed by atoms with van der Waals surface area (Å²) in [5.41, 5.74) is 1.89. The second-order valence-corrected chi connectivity index (χ2v) is 5.57. The number of urea groups is 1. The topological polar surface area (TPSA) is 68.2 Å². The van der Waals surface area contributed by atoms with E-state index in [1.165, 1.54) is 0 Å². The summed E-state index contributed by atoms with van der Waals surface area (Å²) in [6.07, 6.45) is 8.80. The fourth-order valence-electron chi connectivity index (χ4n) is 2.26. The maximum absolute atomic E-state index is 12.2. The highest BCUT2D eigenvalue weighted by atomic mass is 16.5. The Morgan fingerprint density at radius 3 is 2.67 bits per heavy atom. The Balaban J connectivity index is 1.92. The molecule has 2 atom stereocenters. The lowest BCUT2D eigenvalue weighted by atomic mass is 10.1. The largest absolute Gasteiger partial charge is 0.481 e. The minimum Gasteiger partial charge on any atom is -0.481 e. The SMILES string of the molecule is C#CCOc1cccc(C(C)NC(=O)NC(C)c2cnn(C)c2)c1. The maximum atomic E-state index is 12.2. The second kappa shape index (κ2) is 8.06. The van der Waals surface area contributed by atoms with Crippen LogP contribution in [-0.2, 0) is 7.05 Å². The van der Waals surface area contributed by atoms with Crippen molar-refractivity contribution >= 4 is 6.03 Å². The molecule has 0 saturated heterocycles. The number of hydrogen-bond donors (Lipinski definition) is 2. The number of ether oxygens (including phenoxy) is 1. The number of nitrogens with zero attached hydrogens (tertiary/aromatic N) is 2. The summed E-state index contributed by atoms with van der Waals surface area (Å²) in [7, 11) is 1.84. The molecule has 6 nitrogen and oxygen atoms in total. The van der Waals surface area contributed by atoms with Gasteiger partial charge in [0, 0.05) is 18.8 Å². The number of terminal acetylenes is 1. The molecule has 0 fully saturated rings. The van der Waals surface area contributed by atoms with Gasteiger partial charge in [0.1, 0.15) is 12.4 Å². The Labute approximate surface area is 142 Å². The van der Waals surface area contributed by atoms with Gasteiger partial charge in [0.05, 0.1) is 18.3 Å². The van der Waals surface area contributed by atoms with E-state index >= 15 is 0 Å². The Hall–Kier alpha value is -2.94. The van der Waals surface area contributed by atoms with E-state index in [-0.39, 0.29) is 24.7 Å². The standard InChI is InChI=1S/C18H22N4O2/c1-5-9-24-17-8-6-7-15(10-17)13(2)20-18(23)21-14(3)16-11-19-22(4)12-16/h1,6-8,10-14H,9H2,2-4H3,(H2,20,21,23). The Kier molecular flexibility index (Phi) is 5.85. The number of carbonyl (C=O) groups is 1. The quantitative estimate of drug-likeness (QED) is 0.802. The monoisotopic (exact) mass is 326 g/mol. The van der Waals surface area contributed by atoms with E-state index in [2.05, 4.69) is 21.7 Å². The highest BCUT2D eigenvalue weighted by Crippen LogP contribution is 2.19. The fourth-order valence-corrected chi connectivity index (χ4v) is 2.26. The maximum Gasteiger partial charge on any atom is 0.315 e. The predicted octanol–water partition coefficient (Wildman–Crippen LogP) is 2.55. The van der Waals surface area contributed by atoms with Crippen LogP contribution in [0.1, 0.15) is 37.1 Å². The smallest absolute Gasteiger partial charge is 0.315 e. The van der Waals surface area contributed by atoms with Gasteiger partial charge in [-0.1, -0.05) is 18.1 Å². The first-order chi connectivity index (χ1) is 11.5. The molecule has 1 aromatic heterocycles. The average molecular weight is 326 g/mol. The molecule has 0 radical (unpaired) electrons. The Morgan fingerprint density at radius 2 is 2.04 bits per heavy atom. The van der Waals surface area contributed by atoms with Crippen LogP contribution in [0.25, 0.3) is 0 Å². The lowest BCUT2D eigenvalue weighted by Gasteiger charge is -2.18. The summed E-state index contributed by atoms with van der Waals surface area (Å²) in [5.74, 6) is 3.11. The minimum atomic E-state index is -0.242. The van der Waals surface area contributed by atoms with Gasteiger partial charge < -0.3 is 15.4 Å². The Morgan fingerprint density at radius 1 is 1.33 bits per heavy atom. The summed E-state index contributed by atoms with van der Waals surface area (Å²) >= 11 is 0. The summed E-state index contributed by atoms with van der Waals surface area (Å²) < 4.78 is 7.11. The van der Waals surface area contributed by atoms with Gasteiger partial charge in [-0.2, -0.15) is 5.10 Å². The number of aromatic nitrogens is 2. The van der Waals surface area contributed by atoms with Gasteiger partial charge >= 0.3 is 6.03 Å². The fraction of sp³-hybridized carbons (Fsp3) is 0.333. The predicted molar refractivity (Wildman–Crippen MR) is 92.5 cm³/mol. The zero-order chi connectivity index (χ0) is 17.5. The lowest BCUT2D eigenvalue weighted by molar-refractivity contribution is 0.235. The van der Waals surface area contributed by atoms with E-state index in [1.54, 1.807) is 10.9 Å². The molecule has 24 heavy (non-hydrogen) atoms. The summed E-state index contributed by atoms with van der Waals surface area (Å²) in [6.45, 7) is 4.04. The first kappa shape index (κ1) is 17.4. The van der Waals surface area contributed by atoms with Crippen molar-refractivity contribution in [1.82, 2.24) is 20.4 Å². The van der Waals surface area contributed by atoms with Gasteiger partial charge in [-0.3, -0.25) is 4.68 Å². The molecular weight excluding hydrogens is 304 g/mol. The van der Waals surface area contributed by atoms with Crippen molar-refractivity contribution in [2.75, 3.05) is 6.61 Å². The van der Waals surface area contributed by atoms with E-state index in [1.807, 2.05) is 51.4 Å². The van der Waals surface area contributed by atoms with Gasteiger partial charge in [0.15, 0.2) is 0 Å². The molecule has 2 rings (SSSR count). The third kappa shape index (κ3) is 4.78. The van der Waals surface area contributed by atoms with Crippen LogP contribution < -0.4 is 15.4 Å². The van der Waals surface area contributed by atoms with Crippen LogP contribution in [0.2, 0.25) is 0 Å². The van der Waals surface area contributed by atoms with E-state index in [0.29, 0.717) is 5.75 Å². The van der Waals surface area contributed by atoms with Crippen LogP contribution in [-0.4, -0.2) is 22.4 Å². The van der Waals surface area contributed by atoms with E-state index in [9.17, 15) is 4.79 Å². The van der Waals surface area contributed by atoms with Crippen LogP contribution in [0.5, 0.6) is 5.75 Å². The van der Waals surface area contributed by atoms with Gasteiger partial charge in [0.25, 0.3) is 0 Å². The van der Waals surface area contributed by atoms with Crippen molar-refractivity contribution in [1.29, 1.82) is 0 Å². The van der Waals surface area contributed by atoms with E-state index in [0.717, 1.165) is 11.1 Å². The number of amides is 2. The van der Waals surface area contributed by atoms with Crippen molar-refractivity contribution in [3.63, 3.8) is 0 Å². The first-order valence-corrected chi connectivity index (χ1v) is 7.71. The molecule has 0 saturated carbocycles. The molecule has 2 amide bonds. The number of hydrogen-bond acceptors (Lipinski definition) is 3. The minimum absolute atomic E-state index is 0.129.